The van der Waals surface area contributed by atoms with Crippen molar-refractivity contribution in [2.24, 2.45) is 0 Å². The molecule has 176 valence electrons. The minimum atomic E-state index is -4.80. The van der Waals surface area contributed by atoms with Crippen molar-refractivity contribution in [3.63, 3.8) is 0 Å². The van der Waals surface area contributed by atoms with Crippen LogP contribution < -0.4 is 9.80 Å². The van der Waals surface area contributed by atoms with Gasteiger partial charge >= 0.3 is 6.18 Å². The number of likely N-dealkylation sites (N-methyl/N-ethyl adjacent to an activating group) is 1. The molecule has 2 N–H and O–H groups in total. The first-order valence-electron chi connectivity index (χ1n) is 9.85. The van der Waals surface area contributed by atoms with E-state index in [4.69, 9.17) is 0 Å². The number of nitrogens with zero attached hydrogens (tertiary/aromatic N) is 3. The average Bonchev–Trinajstić information content (AvgIpc) is 2.92. The molecule has 0 unspecified atom stereocenters. The van der Waals surface area contributed by atoms with Crippen molar-refractivity contribution in [3.05, 3.63) is 52.2 Å². The van der Waals surface area contributed by atoms with Crippen molar-refractivity contribution in [1.29, 1.82) is 0 Å². The van der Waals surface area contributed by atoms with Crippen molar-refractivity contribution in [1.82, 2.24) is 4.98 Å². The van der Waals surface area contributed by atoms with Gasteiger partial charge in [0.2, 0.25) is 0 Å². The number of hydrogen-bond acceptors (Lipinski definition) is 5. The standard InChI is InChI=1S/C21H18F5N3O4/c1-8-5-9(21(24,25)26)6-14(27-8)29-16(17(30)18(31)20(29)33)19(32)28(2)13-7-12(22)10-3-4-11(10)15(13)23/h5-7,16-18,30-31H,3-4H2,1-2H3/t16-,17-,18-/m0/s1. The van der Waals surface area contributed by atoms with E-state index in [1.54, 1.807) is 0 Å². The Morgan fingerprint density at radius 2 is 1.79 bits per heavy atom. The maximum Gasteiger partial charge on any atom is 0.416 e. The van der Waals surface area contributed by atoms with Gasteiger partial charge in [0.05, 0.1) is 11.3 Å². The first kappa shape index (κ1) is 23.1. The second-order valence-electron chi connectivity index (χ2n) is 7.99. The van der Waals surface area contributed by atoms with Crippen LogP contribution in [0.2, 0.25) is 0 Å². The largest absolute Gasteiger partial charge is 0.416 e. The number of carbonyl (C=O) groups is 2. The lowest BCUT2D eigenvalue weighted by molar-refractivity contribution is -0.137. The molecule has 0 bridgehead atoms. The molecule has 2 aliphatic rings. The van der Waals surface area contributed by atoms with Gasteiger partial charge in [-0.1, -0.05) is 0 Å². The summed E-state index contributed by atoms with van der Waals surface area (Å²) in [5.41, 5.74) is -1.49. The van der Waals surface area contributed by atoms with Crippen LogP contribution in [0.15, 0.2) is 18.2 Å². The molecule has 1 aliphatic carbocycles. The Kier molecular flexibility index (Phi) is 5.40. The molecule has 2 heterocycles. The van der Waals surface area contributed by atoms with Crippen molar-refractivity contribution in [3.8, 4) is 0 Å². The minimum Gasteiger partial charge on any atom is -0.387 e. The molecule has 3 atom stereocenters. The molecular weight excluding hydrogens is 453 g/mol. The minimum absolute atomic E-state index is 0.0970. The van der Waals surface area contributed by atoms with Gasteiger partial charge in [-0.2, -0.15) is 13.2 Å². The number of anilines is 2. The van der Waals surface area contributed by atoms with Crippen LogP contribution in [-0.4, -0.2) is 52.3 Å². The van der Waals surface area contributed by atoms with Gasteiger partial charge in [-0.25, -0.2) is 13.8 Å². The van der Waals surface area contributed by atoms with Crippen LogP contribution in [0.1, 0.15) is 22.4 Å². The van der Waals surface area contributed by atoms with Crippen LogP contribution in [0.25, 0.3) is 0 Å². The number of fused-ring (bicyclic) bond motifs is 1. The van der Waals surface area contributed by atoms with E-state index in [2.05, 4.69) is 4.98 Å². The zero-order chi connectivity index (χ0) is 24.4. The monoisotopic (exact) mass is 471 g/mol. The Morgan fingerprint density at radius 3 is 2.36 bits per heavy atom. The maximum absolute atomic E-state index is 14.8. The summed E-state index contributed by atoms with van der Waals surface area (Å²) in [4.78, 5) is 30.7. The second kappa shape index (κ2) is 7.73. The van der Waals surface area contributed by atoms with Gasteiger partial charge < -0.3 is 15.1 Å². The molecule has 1 aromatic carbocycles. The molecule has 33 heavy (non-hydrogen) atoms. The number of aryl methyl sites for hydroxylation is 1. The van der Waals surface area contributed by atoms with Crippen molar-refractivity contribution < 1.29 is 41.8 Å². The highest BCUT2D eigenvalue weighted by Gasteiger charge is 2.53. The van der Waals surface area contributed by atoms with Crippen LogP contribution in [0.4, 0.5) is 33.5 Å². The van der Waals surface area contributed by atoms with Crippen molar-refractivity contribution in [2.75, 3.05) is 16.8 Å². The number of benzene rings is 1. The summed E-state index contributed by atoms with van der Waals surface area (Å²) in [5, 5.41) is 20.4. The Hall–Kier alpha value is -3.12. The zero-order valence-electron chi connectivity index (χ0n) is 17.3. The number of amides is 2. The summed E-state index contributed by atoms with van der Waals surface area (Å²) in [6, 6.07) is 0.0874. The Balaban J connectivity index is 1.77. The number of halogens is 5. The molecule has 0 spiro atoms. The van der Waals surface area contributed by atoms with Crippen LogP contribution in [0, 0.1) is 18.6 Å². The normalized spacial score (nSPS) is 22.3. The van der Waals surface area contributed by atoms with E-state index in [1.807, 2.05) is 0 Å². The lowest BCUT2D eigenvalue weighted by atomic mass is 9.87. The second-order valence-corrected chi connectivity index (χ2v) is 7.99. The molecule has 2 amide bonds. The zero-order valence-corrected chi connectivity index (χ0v) is 17.3. The molecule has 1 saturated heterocycles. The first-order valence-corrected chi connectivity index (χ1v) is 9.85. The SMILES string of the molecule is Cc1cc(C(F)(F)F)cc(N2C(=O)[C@@H](O)[C@@H](O)[C@H]2C(=O)N(C)c2cc(F)c3c(c2F)CC3)n1. The third kappa shape index (κ3) is 3.62. The van der Waals surface area contributed by atoms with Crippen LogP contribution in [0.5, 0.6) is 0 Å². The molecular formula is C21H18F5N3O4. The molecule has 0 radical (unpaired) electrons. The third-order valence-electron chi connectivity index (χ3n) is 5.91. The predicted octanol–water partition coefficient (Wildman–Crippen LogP) is 1.89. The summed E-state index contributed by atoms with van der Waals surface area (Å²) in [6.45, 7) is 1.23. The van der Waals surface area contributed by atoms with Crippen LogP contribution in [0.3, 0.4) is 0 Å². The van der Waals surface area contributed by atoms with E-state index in [9.17, 15) is 41.8 Å². The lowest BCUT2D eigenvalue weighted by Crippen LogP contribution is -2.50. The summed E-state index contributed by atoms with van der Waals surface area (Å²) < 4.78 is 68.8. The summed E-state index contributed by atoms with van der Waals surface area (Å²) in [7, 11) is 1.07. The van der Waals surface area contributed by atoms with Gasteiger partial charge in [-0.15, -0.1) is 0 Å². The van der Waals surface area contributed by atoms with Crippen LogP contribution >= 0.6 is 0 Å². The highest BCUT2D eigenvalue weighted by Crippen LogP contribution is 2.37. The van der Waals surface area contributed by atoms with Gasteiger partial charge in [-0.3, -0.25) is 14.5 Å². The maximum atomic E-state index is 14.8. The van der Waals surface area contributed by atoms with E-state index < -0.39 is 64.9 Å². The number of rotatable bonds is 3. The summed E-state index contributed by atoms with van der Waals surface area (Å²) >= 11 is 0. The fourth-order valence-electron chi connectivity index (χ4n) is 4.07. The number of aliphatic hydroxyl groups excluding tert-OH is 2. The Labute approximate surface area is 184 Å². The topological polar surface area (TPSA) is 94.0 Å². The molecule has 0 saturated carbocycles. The highest BCUT2D eigenvalue weighted by molar-refractivity contribution is 6.10. The average molecular weight is 471 g/mol. The molecule has 1 aliphatic heterocycles. The van der Waals surface area contributed by atoms with Gasteiger partial charge in [-0.05, 0) is 43.0 Å². The number of carbonyl (C=O) groups excluding carboxylic acids is 2. The summed E-state index contributed by atoms with van der Waals surface area (Å²) in [6.07, 6.45) is -8.39. The fourth-order valence-corrected chi connectivity index (χ4v) is 4.07. The first-order chi connectivity index (χ1) is 15.3. The quantitative estimate of drug-likeness (QED) is 0.667. The number of aliphatic hydroxyl groups is 2. The Bertz CT molecular complexity index is 1170. The van der Waals surface area contributed by atoms with E-state index >= 15 is 0 Å². The Morgan fingerprint density at radius 1 is 1.15 bits per heavy atom. The smallest absolute Gasteiger partial charge is 0.387 e. The molecule has 12 heteroatoms. The number of aromatic nitrogens is 1. The van der Waals surface area contributed by atoms with E-state index in [0.29, 0.717) is 22.3 Å². The number of alkyl halides is 3. The lowest BCUT2D eigenvalue weighted by Gasteiger charge is -2.30. The van der Waals surface area contributed by atoms with Crippen LogP contribution in [-0.2, 0) is 28.6 Å². The van der Waals surface area contributed by atoms with Gasteiger partial charge in [0.1, 0.15) is 23.8 Å². The van der Waals surface area contributed by atoms with Crippen molar-refractivity contribution in [2.45, 2.75) is 44.2 Å². The van der Waals surface area contributed by atoms with E-state index in [1.165, 1.54) is 6.92 Å². The van der Waals surface area contributed by atoms with E-state index in [-0.39, 0.29) is 23.2 Å². The van der Waals surface area contributed by atoms with Crippen molar-refractivity contribution >= 4 is 23.3 Å². The van der Waals surface area contributed by atoms with Gasteiger partial charge in [0.25, 0.3) is 11.8 Å². The molecule has 1 aromatic heterocycles. The highest BCUT2D eigenvalue weighted by atomic mass is 19.4. The fraction of sp³-hybridized carbons (Fsp3) is 0.381. The van der Waals surface area contributed by atoms with E-state index in [0.717, 1.165) is 19.2 Å². The molecule has 2 aromatic rings. The number of pyridine rings is 1. The predicted molar refractivity (Wildman–Crippen MR) is 104 cm³/mol. The number of hydrogen-bond donors (Lipinski definition) is 2. The van der Waals surface area contributed by atoms with Gasteiger partial charge in [0, 0.05) is 18.8 Å². The third-order valence-corrected chi connectivity index (χ3v) is 5.91. The van der Waals surface area contributed by atoms with Gasteiger partial charge in [0.15, 0.2) is 11.9 Å². The molecule has 7 nitrogen and oxygen atoms in total. The summed E-state index contributed by atoms with van der Waals surface area (Å²) in [5.74, 6) is -4.63. The molecule has 1 fully saturated rings. The molecule has 4 rings (SSSR count).